The van der Waals surface area contributed by atoms with Gasteiger partial charge in [0.1, 0.15) is 0 Å². The van der Waals surface area contributed by atoms with Crippen LogP contribution in [0.15, 0.2) is 24.5 Å². The Morgan fingerprint density at radius 3 is 2.94 bits per heavy atom. The van der Waals surface area contributed by atoms with Crippen molar-refractivity contribution in [3.05, 3.63) is 30.1 Å². The Balaban J connectivity index is 2.66. The van der Waals surface area contributed by atoms with Gasteiger partial charge >= 0.3 is 6.03 Å². The van der Waals surface area contributed by atoms with E-state index in [1.165, 1.54) is 0 Å². The van der Waals surface area contributed by atoms with Crippen LogP contribution < -0.4 is 5.32 Å². The summed E-state index contributed by atoms with van der Waals surface area (Å²) in [6.07, 6.45) is 3.74. The number of nitriles is 1. The van der Waals surface area contributed by atoms with E-state index in [-0.39, 0.29) is 12.1 Å². The number of carbonyl (C=O) groups excluding carboxylic acids is 1. The fourth-order valence-corrected chi connectivity index (χ4v) is 1.49. The smallest absolute Gasteiger partial charge is 0.317 e. The average Bonchev–Trinajstić information content (AvgIpc) is 2.34. The number of rotatable bonds is 5. The number of aromatic nitrogens is 1. The monoisotopic (exact) mass is 246 g/mol. The maximum Gasteiger partial charge on any atom is 0.317 e. The van der Waals surface area contributed by atoms with E-state index >= 15 is 0 Å². The van der Waals surface area contributed by atoms with Gasteiger partial charge in [-0.15, -0.1) is 0 Å². The van der Waals surface area contributed by atoms with Crippen molar-refractivity contribution in [2.75, 3.05) is 6.54 Å². The van der Waals surface area contributed by atoms with E-state index in [2.05, 4.69) is 16.4 Å². The van der Waals surface area contributed by atoms with Gasteiger partial charge < -0.3 is 10.2 Å². The lowest BCUT2D eigenvalue weighted by molar-refractivity contribution is 0.193. The van der Waals surface area contributed by atoms with E-state index in [4.69, 9.17) is 5.26 Å². The summed E-state index contributed by atoms with van der Waals surface area (Å²) >= 11 is 0. The quantitative estimate of drug-likeness (QED) is 0.862. The summed E-state index contributed by atoms with van der Waals surface area (Å²) in [5, 5.41) is 11.5. The Morgan fingerprint density at radius 2 is 2.39 bits per heavy atom. The Labute approximate surface area is 107 Å². The standard InChI is InChI=1S/C13H18N4O/c1-11(2)16-13(18)17(8-4-6-14)10-12-5-3-7-15-9-12/h3,5,7,9,11H,4,8,10H2,1-2H3,(H,16,18). The highest BCUT2D eigenvalue weighted by Gasteiger charge is 2.14. The second-order valence-corrected chi connectivity index (χ2v) is 4.30. The molecular weight excluding hydrogens is 228 g/mol. The summed E-state index contributed by atoms with van der Waals surface area (Å²) in [5.41, 5.74) is 0.953. The molecule has 1 N–H and O–H groups in total. The molecule has 1 aromatic rings. The minimum atomic E-state index is -0.149. The molecule has 1 aromatic heterocycles. The molecule has 0 radical (unpaired) electrons. The van der Waals surface area contributed by atoms with Gasteiger partial charge in [0.2, 0.25) is 0 Å². The number of carbonyl (C=O) groups is 1. The average molecular weight is 246 g/mol. The molecule has 1 heterocycles. The normalized spacial score (nSPS) is 9.89. The van der Waals surface area contributed by atoms with Crippen LogP contribution in [0.5, 0.6) is 0 Å². The molecule has 0 unspecified atom stereocenters. The van der Waals surface area contributed by atoms with Gasteiger partial charge in [-0.25, -0.2) is 4.79 Å². The molecule has 96 valence electrons. The van der Waals surface area contributed by atoms with Gasteiger partial charge in [0.05, 0.1) is 12.5 Å². The van der Waals surface area contributed by atoms with Gasteiger partial charge in [-0.3, -0.25) is 4.98 Å². The lowest BCUT2D eigenvalue weighted by atomic mass is 10.2. The van der Waals surface area contributed by atoms with Crippen molar-refractivity contribution in [2.24, 2.45) is 0 Å². The molecule has 18 heavy (non-hydrogen) atoms. The van der Waals surface area contributed by atoms with Crippen LogP contribution in [0.4, 0.5) is 4.79 Å². The topological polar surface area (TPSA) is 69.0 Å². The molecule has 0 aliphatic rings. The molecule has 0 saturated carbocycles. The third-order valence-corrected chi connectivity index (χ3v) is 2.29. The molecule has 0 aliphatic carbocycles. The molecule has 1 rings (SSSR count). The van der Waals surface area contributed by atoms with Crippen LogP contribution in [0.25, 0.3) is 0 Å². The lowest BCUT2D eigenvalue weighted by Crippen LogP contribution is -2.43. The van der Waals surface area contributed by atoms with E-state index in [1.54, 1.807) is 17.3 Å². The van der Waals surface area contributed by atoms with Crippen LogP contribution >= 0.6 is 0 Å². The summed E-state index contributed by atoms with van der Waals surface area (Å²) in [6.45, 7) is 4.70. The molecule has 0 aliphatic heterocycles. The largest absolute Gasteiger partial charge is 0.336 e. The van der Waals surface area contributed by atoms with E-state index in [1.807, 2.05) is 26.0 Å². The van der Waals surface area contributed by atoms with Gasteiger partial charge in [0, 0.05) is 31.5 Å². The van der Waals surface area contributed by atoms with Crippen molar-refractivity contribution >= 4 is 6.03 Å². The van der Waals surface area contributed by atoms with Crippen molar-refractivity contribution < 1.29 is 4.79 Å². The number of amides is 2. The fourth-order valence-electron chi connectivity index (χ4n) is 1.49. The minimum Gasteiger partial charge on any atom is -0.336 e. The van der Waals surface area contributed by atoms with E-state index in [0.717, 1.165) is 5.56 Å². The van der Waals surface area contributed by atoms with E-state index in [9.17, 15) is 4.79 Å². The second-order valence-electron chi connectivity index (χ2n) is 4.30. The zero-order chi connectivity index (χ0) is 13.4. The van der Waals surface area contributed by atoms with Gasteiger partial charge in [-0.1, -0.05) is 6.07 Å². The van der Waals surface area contributed by atoms with Crippen molar-refractivity contribution in [2.45, 2.75) is 32.9 Å². The molecule has 0 aromatic carbocycles. The third-order valence-electron chi connectivity index (χ3n) is 2.29. The first kappa shape index (κ1) is 14.0. The van der Waals surface area contributed by atoms with Gasteiger partial charge in [0.15, 0.2) is 0 Å². The zero-order valence-corrected chi connectivity index (χ0v) is 10.8. The summed E-state index contributed by atoms with van der Waals surface area (Å²) in [6, 6.07) is 5.73. The Kier molecular flexibility index (Phi) is 5.65. The lowest BCUT2D eigenvalue weighted by Gasteiger charge is -2.23. The maximum absolute atomic E-state index is 11.9. The summed E-state index contributed by atoms with van der Waals surface area (Å²) in [7, 11) is 0. The van der Waals surface area contributed by atoms with Gasteiger partial charge in [0.25, 0.3) is 0 Å². The van der Waals surface area contributed by atoms with Crippen LogP contribution in [0.3, 0.4) is 0 Å². The fraction of sp³-hybridized carbons (Fsp3) is 0.462. The minimum absolute atomic E-state index is 0.0796. The molecule has 5 nitrogen and oxygen atoms in total. The zero-order valence-electron chi connectivity index (χ0n) is 10.8. The number of nitrogens with one attached hydrogen (secondary N) is 1. The SMILES string of the molecule is CC(C)NC(=O)N(CCC#N)Cc1cccnc1. The van der Waals surface area contributed by atoms with Crippen LogP contribution in [-0.4, -0.2) is 28.5 Å². The maximum atomic E-state index is 11.9. The highest BCUT2D eigenvalue weighted by Crippen LogP contribution is 2.04. The second kappa shape index (κ2) is 7.28. The molecule has 0 saturated heterocycles. The number of nitrogens with zero attached hydrogens (tertiary/aromatic N) is 3. The number of hydrogen-bond acceptors (Lipinski definition) is 3. The van der Waals surface area contributed by atoms with Crippen molar-refractivity contribution in [3.8, 4) is 6.07 Å². The first-order valence-electron chi connectivity index (χ1n) is 5.94. The summed E-state index contributed by atoms with van der Waals surface area (Å²) in [4.78, 5) is 17.6. The van der Waals surface area contributed by atoms with Crippen molar-refractivity contribution in [3.63, 3.8) is 0 Å². The predicted octanol–water partition coefficient (Wildman–Crippen LogP) is 1.92. The molecule has 2 amide bonds. The summed E-state index contributed by atoms with van der Waals surface area (Å²) < 4.78 is 0. The number of urea groups is 1. The molecular formula is C13H18N4O. The van der Waals surface area contributed by atoms with Crippen LogP contribution in [-0.2, 0) is 6.54 Å². The number of pyridine rings is 1. The Bertz CT molecular complexity index is 411. The van der Waals surface area contributed by atoms with Crippen LogP contribution in [0, 0.1) is 11.3 Å². The molecule has 0 atom stereocenters. The Hall–Kier alpha value is -2.09. The van der Waals surface area contributed by atoms with Gasteiger partial charge in [-0.05, 0) is 25.5 Å². The molecule has 0 spiro atoms. The third kappa shape index (κ3) is 4.83. The van der Waals surface area contributed by atoms with Gasteiger partial charge in [-0.2, -0.15) is 5.26 Å². The van der Waals surface area contributed by atoms with E-state index in [0.29, 0.717) is 19.5 Å². The highest BCUT2D eigenvalue weighted by atomic mass is 16.2. The molecule has 0 fully saturated rings. The first-order chi connectivity index (χ1) is 8.63. The highest BCUT2D eigenvalue weighted by molar-refractivity contribution is 5.74. The molecule has 0 bridgehead atoms. The van der Waals surface area contributed by atoms with E-state index < -0.39 is 0 Å². The van der Waals surface area contributed by atoms with Crippen molar-refractivity contribution in [1.82, 2.24) is 15.2 Å². The van der Waals surface area contributed by atoms with Crippen LogP contribution in [0.2, 0.25) is 0 Å². The van der Waals surface area contributed by atoms with Crippen molar-refractivity contribution in [1.29, 1.82) is 5.26 Å². The molecule has 5 heteroatoms. The Morgan fingerprint density at radius 1 is 1.61 bits per heavy atom. The summed E-state index contributed by atoms with van der Waals surface area (Å²) in [5.74, 6) is 0. The predicted molar refractivity (Wildman–Crippen MR) is 68.5 cm³/mol. The number of hydrogen-bond donors (Lipinski definition) is 1. The first-order valence-corrected chi connectivity index (χ1v) is 5.94. The van der Waals surface area contributed by atoms with Crippen LogP contribution in [0.1, 0.15) is 25.8 Å².